The Morgan fingerprint density at radius 1 is 1.78 bits per heavy atom. The molecule has 0 bridgehead atoms. The molecular formula is C12H18N2O3S. The first kappa shape index (κ1) is 13.3. The summed E-state index contributed by atoms with van der Waals surface area (Å²) in [6, 6.07) is 0.242. The van der Waals surface area contributed by atoms with Gasteiger partial charge in [0.1, 0.15) is 0 Å². The van der Waals surface area contributed by atoms with Crippen molar-refractivity contribution in [3.05, 3.63) is 11.1 Å². The van der Waals surface area contributed by atoms with Gasteiger partial charge in [0.25, 0.3) is 0 Å². The van der Waals surface area contributed by atoms with Gasteiger partial charge in [-0.25, -0.2) is 4.98 Å². The minimum Gasteiger partial charge on any atom is -0.481 e. The maximum absolute atomic E-state index is 10.5. The zero-order chi connectivity index (χ0) is 13.0. The van der Waals surface area contributed by atoms with Crippen molar-refractivity contribution in [2.45, 2.75) is 44.8 Å². The predicted molar refractivity (Wildman–Crippen MR) is 70.1 cm³/mol. The highest BCUT2D eigenvalue weighted by Gasteiger charge is 2.22. The summed E-state index contributed by atoms with van der Waals surface area (Å²) in [4.78, 5) is 14.9. The van der Waals surface area contributed by atoms with Crippen LogP contribution in [0.3, 0.4) is 0 Å². The second-order valence-corrected chi connectivity index (χ2v) is 5.38. The Labute approximate surface area is 110 Å². The van der Waals surface area contributed by atoms with Crippen molar-refractivity contribution in [2.75, 3.05) is 11.9 Å². The summed E-state index contributed by atoms with van der Waals surface area (Å²) in [5, 5.41) is 14.7. The zero-order valence-electron chi connectivity index (χ0n) is 10.4. The van der Waals surface area contributed by atoms with E-state index < -0.39 is 5.97 Å². The van der Waals surface area contributed by atoms with Crippen LogP contribution in [0.1, 0.15) is 31.9 Å². The van der Waals surface area contributed by atoms with Gasteiger partial charge in [0.15, 0.2) is 5.13 Å². The molecule has 1 aliphatic rings. The van der Waals surface area contributed by atoms with Crippen molar-refractivity contribution in [3.63, 3.8) is 0 Å². The fourth-order valence-corrected chi connectivity index (χ4v) is 2.85. The molecule has 2 heterocycles. The van der Waals surface area contributed by atoms with Crippen LogP contribution < -0.4 is 5.32 Å². The van der Waals surface area contributed by atoms with Crippen LogP contribution in [0.5, 0.6) is 0 Å². The van der Waals surface area contributed by atoms with Crippen LogP contribution in [-0.4, -0.2) is 34.8 Å². The Balaban J connectivity index is 1.83. The van der Waals surface area contributed by atoms with Gasteiger partial charge in [0.05, 0.1) is 24.3 Å². The van der Waals surface area contributed by atoms with Crippen LogP contribution in [0.2, 0.25) is 0 Å². The highest BCUT2D eigenvalue weighted by atomic mass is 32.1. The Morgan fingerprint density at radius 3 is 3.28 bits per heavy atom. The van der Waals surface area contributed by atoms with E-state index in [0.717, 1.165) is 30.3 Å². The largest absolute Gasteiger partial charge is 0.481 e. The van der Waals surface area contributed by atoms with Crippen molar-refractivity contribution in [3.8, 4) is 0 Å². The van der Waals surface area contributed by atoms with Crippen LogP contribution >= 0.6 is 11.3 Å². The third kappa shape index (κ3) is 3.68. The van der Waals surface area contributed by atoms with Gasteiger partial charge in [-0.2, -0.15) is 0 Å². The number of aryl methyl sites for hydroxylation is 1. The van der Waals surface area contributed by atoms with E-state index in [-0.39, 0.29) is 18.6 Å². The van der Waals surface area contributed by atoms with Crippen molar-refractivity contribution in [1.82, 2.24) is 4.98 Å². The lowest BCUT2D eigenvalue weighted by Gasteiger charge is -2.19. The lowest BCUT2D eigenvalue weighted by Crippen LogP contribution is -2.29. The quantitative estimate of drug-likeness (QED) is 0.828. The molecule has 2 atom stereocenters. The third-order valence-electron chi connectivity index (χ3n) is 3.02. The van der Waals surface area contributed by atoms with E-state index in [4.69, 9.17) is 9.84 Å². The molecule has 0 aromatic carbocycles. The zero-order valence-corrected chi connectivity index (χ0v) is 11.2. The molecule has 1 aliphatic heterocycles. The summed E-state index contributed by atoms with van der Waals surface area (Å²) >= 11 is 1.52. The molecule has 0 amide bonds. The molecule has 18 heavy (non-hydrogen) atoms. The molecule has 1 aromatic rings. The van der Waals surface area contributed by atoms with Crippen LogP contribution in [0.4, 0.5) is 5.13 Å². The molecule has 2 rings (SSSR count). The van der Waals surface area contributed by atoms with Gasteiger partial charge in [-0.15, -0.1) is 11.3 Å². The summed E-state index contributed by atoms with van der Waals surface area (Å²) in [7, 11) is 0. The van der Waals surface area contributed by atoms with E-state index in [9.17, 15) is 4.79 Å². The molecule has 2 unspecified atom stereocenters. The number of rotatable bonds is 6. The second kappa shape index (κ2) is 6.15. The standard InChI is InChI=1S/C12H18N2O3S/c1-8(10-3-2-6-17-10)13-12-14-9(7-18-12)4-5-11(15)16/h7-8,10H,2-6H2,1H3,(H,13,14)(H,15,16). The Bertz CT molecular complexity index is 402. The fourth-order valence-electron chi connectivity index (χ4n) is 2.01. The van der Waals surface area contributed by atoms with Crippen LogP contribution in [-0.2, 0) is 16.0 Å². The van der Waals surface area contributed by atoms with Gasteiger partial charge in [-0.1, -0.05) is 0 Å². The Morgan fingerprint density at radius 2 is 2.61 bits per heavy atom. The smallest absolute Gasteiger partial charge is 0.303 e. The molecule has 2 N–H and O–H groups in total. The highest BCUT2D eigenvalue weighted by Crippen LogP contribution is 2.22. The molecule has 100 valence electrons. The monoisotopic (exact) mass is 270 g/mol. The number of hydrogen-bond donors (Lipinski definition) is 2. The Kier molecular flexibility index (Phi) is 4.54. The number of carboxylic acids is 1. The number of carboxylic acid groups (broad SMARTS) is 1. The van der Waals surface area contributed by atoms with Crippen molar-refractivity contribution in [1.29, 1.82) is 0 Å². The summed E-state index contributed by atoms with van der Waals surface area (Å²) < 4.78 is 5.61. The van der Waals surface area contributed by atoms with Gasteiger partial charge in [-0.05, 0) is 19.8 Å². The molecule has 0 aliphatic carbocycles. The molecule has 0 saturated carbocycles. The van der Waals surface area contributed by atoms with Gasteiger partial charge in [-0.3, -0.25) is 4.79 Å². The first-order valence-corrected chi connectivity index (χ1v) is 7.07. The minimum absolute atomic E-state index is 0.129. The van der Waals surface area contributed by atoms with E-state index in [2.05, 4.69) is 17.2 Å². The molecule has 1 saturated heterocycles. The summed E-state index contributed by atoms with van der Waals surface area (Å²) in [6.45, 7) is 2.94. The molecular weight excluding hydrogens is 252 g/mol. The fraction of sp³-hybridized carbons (Fsp3) is 0.667. The number of nitrogens with zero attached hydrogens (tertiary/aromatic N) is 1. The maximum atomic E-state index is 10.5. The van der Waals surface area contributed by atoms with Gasteiger partial charge >= 0.3 is 5.97 Å². The number of carbonyl (C=O) groups is 1. The summed E-state index contributed by atoms with van der Waals surface area (Å²) in [5.41, 5.74) is 0.837. The molecule has 6 heteroatoms. The van der Waals surface area contributed by atoms with Crippen molar-refractivity contribution in [2.24, 2.45) is 0 Å². The molecule has 0 spiro atoms. The van der Waals surface area contributed by atoms with E-state index >= 15 is 0 Å². The lowest BCUT2D eigenvalue weighted by molar-refractivity contribution is -0.136. The normalized spacial score (nSPS) is 20.8. The number of ether oxygens (including phenoxy) is 1. The maximum Gasteiger partial charge on any atom is 0.303 e. The first-order chi connectivity index (χ1) is 8.65. The Hall–Kier alpha value is -1.14. The van der Waals surface area contributed by atoms with Crippen LogP contribution in [0, 0.1) is 0 Å². The van der Waals surface area contributed by atoms with E-state index in [1.54, 1.807) is 0 Å². The van der Waals surface area contributed by atoms with E-state index in [1.807, 2.05) is 5.38 Å². The summed E-state index contributed by atoms with van der Waals surface area (Å²) in [6.07, 6.45) is 3.09. The number of aliphatic carboxylic acids is 1. The molecule has 1 aromatic heterocycles. The number of nitrogens with one attached hydrogen (secondary N) is 1. The van der Waals surface area contributed by atoms with Crippen LogP contribution in [0.25, 0.3) is 0 Å². The van der Waals surface area contributed by atoms with Gasteiger partial charge in [0.2, 0.25) is 0 Å². The average molecular weight is 270 g/mol. The number of hydrogen-bond acceptors (Lipinski definition) is 5. The SMILES string of the molecule is CC(Nc1nc(CCC(=O)O)cs1)C1CCCO1. The van der Waals surface area contributed by atoms with Gasteiger partial charge < -0.3 is 15.2 Å². The molecule has 5 nitrogen and oxygen atoms in total. The predicted octanol–water partition coefficient (Wildman–Crippen LogP) is 2.14. The van der Waals surface area contributed by atoms with E-state index in [0.29, 0.717) is 6.42 Å². The van der Waals surface area contributed by atoms with E-state index in [1.165, 1.54) is 11.3 Å². The number of aromatic nitrogens is 1. The second-order valence-electron chi connectivity index (χ2n) is 4.52. The average Bonchev–Trinajstić information content (AvgIpc) is 2.97. The number of thiazole rings is 1. The third-order valence-corrected chi connectivity index (χ3v) is 3.84. The number of anilines is 1. The lowest BCUT2D eigenvalue weighted by atomic mass is 10.1. The van der Waals surface area contributed by atoms with Crippen molar-refractivity contribution < 1.29 is 14.6 Å². The topological polar surface area (TPSA) is 71.5 Å². The molecule has 0 radical (unpaired) electrons. The minimum atomic E-state index is -0.787. The highest BCUT2D eigenvalue weighted by molar-refractivity contribution is 7.13. The van der Waals surface area contributed by atoms with Crippen LogP contribution in [0.15, 0.2) is 5.38 Å². The first-order valence-electron chi connectivity index (χ1n) is 6.19. The molecule has 1 fully saturated rings. The van der Waals surface area contributed by atoms with Crippen molar-refractivity contribution >= 4 is 22.4 Å². The summed E-state index contributed by atoms with van der Waals surface area (Å²) in [5.74, 6) is -0.787. The van der Waals surface area contributed by atoms with Gasteiger partial charge in [0, 0.05) is 18.4 Å².